The van der Waals surface area contributed by atoms with Gasteiger partial charge in [-0.2, -0.15) is 0 Å². The maximum absolute atomic E-state index is 13.2. The fourth-order valence-electron chi connectivity index (χ4n) is 4.56. The smallest absolute Gasteiger partial charge is 0.336 e. The average molecular weight is 379 g/mol. The van der Waals surface area contributed by atoms with Crippen molar-refractivity contribution in [1.29, 1.82) is 0 Å². The molecule has 1 saturated heterocycles. The van der Waals surface area contributed by atoms with Gasteiger partial charge in [-0.05, 0) is 58.1 Å². The minimum absolute atomic E-state index is 0.0202. The fraction of sp³-hybridized carbons (Fsp3) is 0.524. The number of para-hydroxylation sites is 1. The Morgan fingerprint density at radius 2 is 1.82 bits per heavy atom. The number of hydrogen-bond donors (Lipinski definition) is 0. The first-order valence-electron chi connectivity index (χ1n) is 10.2. The summed E-state index contributed by atoms with van der Waals surface area (Å²) in [6.07, 6.45) is 5.25. The van der Waals surface area contributed by atoms with E-state index in [-0.39, 0.29) is 30.2 Å². The maximum atomic E-state index is 13.2. The number of benzene rings is 1. The summed E-state index contributed by atoms with van der Waals surface area (Å²) in [6, 6.07) is 8.16. The van der Waals surface area contributed by atoms with Crippen LogP contribution in [-0.4, -0.2) is 42.1 Å². The second-order valence-corrected chi connectivity index (χ2v) is 8.29. The van der Waals surface area contributed by atoms with Crippen molar-refractivity contribution in [2.75, 3.05) is 0 Å². The van der Waals surface area contributed by atoms with E-state index in [0.29, 0.717) is 11.6 Å². The van der Waals surface area contributed by atoms with Crippen LogP contribution in [-0.2, 0) is 11.3 Å². The van der Waals surface area contributed by atoms with E-state index in [1.807, 2.05) is 29.2 Å². The highest BCUT2D eigenvalue weighted by atomic mass is 16.2. The number of carbonyl (C=O) groups excluding carboxylic acids is 1. The van der Waals surface area contributed by atoms with Crippen molar-refractivity contribution in [1.82, 2.24) is 24.1 Å². The second-order valence-electron chi connectivity index (χ2n) is 8.29. The number of amides is 1. The van der Waals surface area contributed by atoms with Crippen molar-refractivity contribution >= 4 is 22.5 Å². The number of aromatic nitrogens is 4. The lowest BCUT2D eigenvalue weighted by atomic mass is 9.97. The first-order chi connectivity index (χ1) is 13.5. The number of fused-ring (bicyclic) bond motifs is 3. The normalized spacial score (nSPS) is 22.9. The molecule has 2 aromatic heterocycles. The molecule has 28 heavy (non-hydrogen) atoms. The van der Waals surface area contributed by atoms with Gasteiger partial charge in [-0.25, -0.2) is 18.9 Å². The van der Waals surface area contributed by atoms with Gasteiger partial charge in [-0.1, -0.05) is 12.1 Å². The van der Waals surface area contributed by atoms with Gasteiger partial charge in [0, 0.05) is 23.4 Å². The van der Waals surface area contributed by atoms with Crippen molar-refractivity contribution in [3.8, 4) is 0 Å². The minimum Gasteiger partial charge on any atom is -0.336 e. The molecule has 3 aromatic rings. The largest absolute Gasteiger partial charge is 0.352 e. The zero-order valence-corrected chi connectivity index (χ0v) is 16.3. The van der Waals surface area contributed by atoms with Crippen LogP contribution in [0.5, 0.6) is 0 Å². The zero-order valence-electron chi connectivity index (χ0n) is 16.3. The lowest BCUT2D eigenvalue weighted by Gasteiger charge is -2.39. The molecule has 3 heterocycles. The van der Waals surface area contributed by atoms with E-state index in [4.69, 9.17) is 4.98 Å². The Balaban J connectivity index is 1.60. The van der Waals surface area contributed by atoms with Gasteiger partial charge in [-0.15, -0.1) is 5.10 Å². The summed E-state index contributed by atoms with van der Waals surface area (Å²) >= 11 is 0. The SMILES string of the molecule is C[C@H]1CCC[C@H](C)N1C(=O)Cn1nc2c3ccccc3nc(C3CC3)n2c1=O. The van der Waals surface area contributed by atoms with Gasteiger partial charge < -0.3 is 4.90 Å². The molecule has 1 aliphatic carbocycles. The number of hydrogen-bond acceptors (Lipinski definition) is 4. The van der Waals surface area contributed by atoms with Crippen LogP contribution >= 0.6 is 0 Å². The van der Waals surface area contributed by atoms with Gasteiger partial charge in [0.25, 0.3) is 0 Å². The predicted molar refractivity (Wildman–Crippen MR) is 106 cm³/mol. The van der Waals surface area contributed by atoms with Crippen molar-refractivity contribution in [2.45, 2.75) is 70.5 Å². The number of nitrogens with zero attached hydrogens (tertiary/aromatic N) is 5. The summed E-state index contributed by atoms with van der Waals surface area (Å²) in [5, 5.41) is 5.42. The van der Waals surface area contributed by atoms with E-state index in [0.717, 1.165) is 48.8 Å². The van der Waals surface area contributed by atoms with E-state index in [2.05, 4.69) is 18.9 Å². The van der Waals surface area contributed by atoms with E-state index in [1.54, 1.807) is 4.40 Å². The molecule has 2 aliphatic rings. The van der Waals surface area contributed by atoms with Gasteiger partial charge in [0.15, 0.2) is 5.65 Å². The van der Waals surface area contributed by atoms with Crippen LogP contribution in [0.4, 0.5) is 0 Å². The third-order valence-electron chi connectivity index (χ3n) is 6.16. The molecule has 2 atom stereocenters. The lowest BCUT2D eigenvalue weighted by Crippen LogP contribution is -2.49. The Labute approximate surface area is 163 Å². The van der Waals surface area contributed by atoms with Gasteiger partial charge in [0.2, 0.25) is 5.91 Å². The molecule has 2 fully saturated rings. The van der Waals surface area contributed by atoms with Crippen molar-refractivity contribution < 1.29 is 4.79 Å². The van der Waals surface area contributed by atoms with Crippen LogP contribution in [0.2, 0.25) is 0 Å². The molecular weight excluding hydrogens is 354 g/mol. The summed E-state index contributed by atoms with van der Waals surface area (Å²) in [6.45, 7) is 4.15. The molecule has 7 heteroatoms. The molecule has 146 valence electrons. The summed E-state index contributed by atoms with van der Waals surface area (Å²) in [5.41, 5.74) is 1.18. The molecule has 1 amide bonds. The topological polar surface area (TPSA) is 72.5 Å². The van der Waals surface area contributed by atoms with Crippen molar-refractivity contribution in [2.24, 2.45) is 0 Å². The predicted octanol–water partition coefficient (Wildman–Crippen LogP) is 2.71. The molecule has 0 N–H and O–H groups in total. The van der Waals surface area contributed by atoms with Crippen LogP contribution in [0.3, 0.4) is 0 Å². The first-order valence-corrected chi connectivity index (χ1v) is 10.2. The molecule has 0 spiro atoms. The Morgan fingerprint density at radius 1 is 1.11 bits per heavy atom. The Morgan fingerprint density at radius 3 is 2.54 bits per heavy atom. The Bertz CT molecular complexity index is 1120. The number of rotatable bonds is 3. The van der Waals surface area contributed by atoms with Crippen LogP contribution in [0, 0.1) is 0 Å². The molecule has 1 saturated carbocycles. The quantitative estimate of drug-likeness (QED) is 0.701. The van der Waals surface area contributed by atoms with Gasteiger partial charge in [0.1, 0.15) is 12.4 Å². The zero-order chi connectivity index (χ0) is 19.4. The van der Waals surface area contributed by atoms with Crippen molar-refractivity contribution in [3.63, 3.8) is 0 Å². The van der Waals surface area contributed by atoms with Crippen molar-refractivity contribution in [3.05, 3.63) is 40.6 Å². The van der Waals surface area contributed by atoms with Gasteiger partial charge in [-0.3, -0.25) is 4.79 Å². The number of likely N-dealkylation sites (tertiary alicyclic amines) is 1. The lowest BCUT2D eigenvalue weighted by molar-refractivity contribution is -0.138. The Kier molecular flexibility index (Phi) is 4.00. The summed E-state index contributed by atoms with van der Waals surface area (Å²) in [4.78, 5) is 32.8. The van der Waals surface area contributed by atoms with Crippen LogP contribution in [0.15, 0.2) is 29.1 Å². The Hall–Kier alpha value is -2.70. The molecule has 1 aliphatic heterocycles. The summed E-state index contributed by atoms with van der Waals surface area (Å²) in [5.74, 6) is 1.05. The summed E-state index contributed by atoms with van der Waals surface area (Å²) < 4.78 is 2.95. The van der Waals surface area contributed by atoms with Gasteiger partial charge in [0.05, 0.1) is 5.52 Å². The highest BCUT2D eigenvalue weighted by Crippen LogP contribution is 2.39. The molecule has 5 rings (SSSR count). The van der Waals surface area contributed by atoms with E-state index < -0.39 is 0 Å². The highest BCUT2D eigenvalue weighted by molar-refractivity contribution is 5.91. The third kappa shape index (κ3) is 2.72. The minimum atomic E-state index is -0.263. The monoisotopic (exact) mass is 379 g/mol. The third-order valence-corrected chi connectivity index (χ3v) is 6.16. The highest BCUT2D eigenvalue weighted by Gasteiger charge is 2.32. The summed E-state index contributed by atoms with van der Waals surface area (Å²) in [7, 11) is 0. The van der Waals surface area contributed by atoms with Crippen LogP contribution in [0.25, 0.3) is 16.6 Å². The van der Waals surface area contributed by atoms with Gasteiger partial charge >= 0.3 is 5.69 Å². The van der Waals surface area contributed by atoms with E-state index >= 15 is 0 Å². The molecule has 1 aromatic carbocycles. The van der Waals surface area contributed by atoms with E-state index in [9.17, 15) is 9.59 Å². The number of carbonyl (C=O) groups is 1. The van der Waals surface area contributed by atoms with Crippen LogP contribution < -0.4 is 5.69 Å². The number of piperidine rings is 1. The molecule has 7 nitrogen and oxygen atoms in total. The average Bonchev–Trinajstić information content (AvgIpc) is 3.47. The first kappa shape index (κ1) is 17.4. The molecule has 0 bridgehead atoms. The molecule has 0 unspecified atom stereocenters. The second kappa shape index (κ2) is 6.43. The standard InChI is InChI=1S/C21H25N5O2/c1-13-6-5-7-14(2)25(13)18(27)12-24-21(28)26-19(15-10-11-15)22-17-9-4-3-8-16(17)20(26)23-24/h3-4,8-9,13-15H,5-7,10-12H2,1-2H3/t13-,14-/m0/s1. The van der Waals surface area contributed by atoms with Crippen LogP contribution in [0.1, 0.15) is 57.7 Å². The van der Waals surface area contributed by atoms with E-state index in [1.165, 1.54) is 4.68 Å². The maximum Gasteiger partial charge on any atom is 0.352 e. The molecule has 0 radical (unpaired) electrons. The molecular formula is C21H25N5O2. The fourth-order valence-corrected chi connectivity index (χ4v) is 4.56.